The summed E-state index contributed by atoms with van der Waals surface area (Å²) in [6.45, 7) is 0.477. The number of pyridine rings is 1. The lowest BCUT2D eigenvalue weighted by Crippen LogP contribution is -1.97. The van der Waals surface area contributed by atoms with E-state index in [4.69, 9.17) is 21.8 Å². The van der Waals surface area contributed by atoms with E-state index in [-0.39, 0.29) is 0 Å². The van der Waals surface area contributed by atoms with Crippen LogP contribution in [0.1, 0.15) is 5.56 Å². The molecule has 0 saturated heterocycles. The maximum absolute atomic E-state index is 5.74. The fraction of sp³-hybridized carbons (Fsp3) is 0.0909. The second-order valence-electron chi connectivity index (χ2n) is 3.59. The van der Waals surface area contributed by atoms with E-state index in [0.717, 1.165) is 11.2 Å². The molecule has 0 aromatic carbocycles. The fourth-order valence-corrected chi connectivity index (χ4v) is 1.81. The number of hydrogen-bond donors (Lipinski definition) is 1. The molecule has 3 aromatic rings. The predicted octanol–water partition coefficient (Wildman–Crippen LogP) is 2.10. The highest BCUT2D eigenvalue weighted by molar-refractivity contribution is 6.28. The number of halogens is 1. The van der Waals surface area contributed by atoms with Crippen molar-refractivity contribution in [3.05, 3.63) is 41.2 Å². The minimum absolute atomic E-state index is 0.329. The Morgan fingerprint density at radius 3 is 2.88 bits per heavy atom. The van der Waals surface area contributed by atoms with Crippen molar-refractivity contribution < 1.29 is 4.42 Å². The number of nitrogens with two attached hydrogens (primary N) is 1. The monoisotopic (exact) mass is 248 g/mol. The highest BCUT2D eigenvalue weighted by Crippen LogP contribution is 2.23. The maximum atomic E-state index is 5.74. The molecule has 0 spiro atoms. The topological polar surface area (TPSA) is 69.3 Å². The summed E-state index contributed by atoms with van der Waals surface area (Å²) < 4.78 is 7.14. The number of nitrogens with zero attached hydrogens (tertiary/aromatic N) is 3. The minimum atomic E-state index is 0.329. The first-order valence-electron chi connectivity index (χ1n) is 5.07. The molecule has 5 nitrogen and oxygen atoms in total. The van der Waals surface area contributed by atoms with Crippen molar-refractivity contribution in [2.45, 2.75) is 6.54 Å². The molecule has 2 N–H and O–H groups in total. The van der Waals surface area contributed by atoms with E-state index in [1.807, 2.05) is 22.7 Å². The Balaban J connectivity index is 2.18. The Kier molecular flexibility index (Phi) is 2.35. The van der Waals surface area contributed by atoms with Gasteiger partial charge in [-0.2, -0.15) is 0 Å². The average molecular weight is 249 g/mol. The second kappa shape index (κ2) is 3.87. The molecule has 3 heterocycles. The summed E-state index contributed by atoms with van der Waals surface area (Å²) in [4.78, 5) is 0. The Hall–Kier alpha value is -1.85. The number of furan rings is 1. The number of aromatic nitrogens is 3. The first-order valence-corrected chi connectivity index (χ1v) is 5.45. The summed E-state index contributed by atoms with van der Waals surface area (Å²) in [6.07, 6.45) is 1.86. The zero-order valence-electron chi connectivity index (χ0n) is 8.80. The van der Waals surface area contributed by atoms with Crippen LogP contribution in [0.3, 0.4) is 0 Å². The van der Waals surface area contributed by atoms with Gasteiger partial charge in [0.05, 0.1) is 0 Å². The highest BCUT2D eigenvalue weighted by atomic mass is 35.5. The standard InChI is InChI=1S/C11H9ClN4O/c12-9-2-1-8(17-9)11-15-14-10-5-7(6-13)3-4-16(10)11/h1-5H,6,13H2. The lowest BCUT2D eigenvalue weighted by molar-refractivity contribution is 0.578. The first-order chi connectivity index (χ1) is 8.28. The maximum Gasteiger partial charge on any atom is 0.204 e. The third-order valence-electron chi connectivity index (χ3n) is 2.50. The molecule has 0 aliphatic carbocycles. The minimum Gasteiger partial charge on any atom is -0.441 e. The molecular weight excluding hydrogens is 240 g/mol. The molecule has 0 atom stereocenters. The van der Waals surface area contributed by atoms with E-state index in [2.05, 4.69) is 10.2 Å². The van der Waals surface area contributed by atoms with E-state index in [9.17, 15) is 0 Å². The Labute approximate surface area is 102 Å². The Morgan fingerprint density at radius 2 is 2.18 bits per heavy atom. The fourth-order valence-electron chi connectivity index (χ4n) is 1.66. The van der Waals surface area contributed by atoms with E-state index >= 15 is 0 Å². The molecule has 86 valence electrons. The van der Waals surface area contributed by atoms with Crippen molar-refractivity contribution in [1.29, 1.82) is 0 Å². The lowest BCUT2D eigenvalue weighted by atomic mass is 10.2. The molecule has 0 unspecified atom stereocenters. The van der Waals surface area contributed by atoms with Crippen LogP contribution in [0.15, 0.2) is 34.9 Å². The summed E-state index contributed by atoms with van der Waals surface area (Å²) in [5.74, 6) is 1.21. The van der Waals surface area contributed by atoms with E-state index in [1.54, 1.807) is 12.1 Å². The third kappa shape index (κ3) is 1.69. The molecule has 0 saturated carbocycles. The molecule has 6 heteroatoms. The molecule has 0 amide bonds. The largest absolute Gasteiger partial charge is 0.441 e. The Morgan fingerprint density at radius 1 is 1.29 bits per heavy atom. The van der Waals surface area contributed by atoms with E-state index < -0.39 is 0 Å². The lowest BCUT2D eigenvalue weighted by Gasteiger charge is -1.98. The summed E-state index contributed by atoms with van der Waals surface area (Å²) in [7, 11) is 0. The third-order valence-corrected chi connectivity index (χ3v) is 2.71. The molecule has 0 bridgehead atoms. The van der Waals surface area contributed by atoms with Gasteiger partial charge in [-0.1, -0.05) is 0 Å². The van der Waals surface area contributed by atoms with Crippen LogP contribution >= 0.6 is 11.6 Å². The van der Waals surface area contributed by atoms with Crippen molar-refractivity contribution in [3.8, 4) is 11.6 Å². The smallest absolute Gasteiger partial charge is 0.204 e. The van der Waals surface area contributed by atoms with Crippen LogP contribution in [0.5, 0.6) is 0 Å². The molecule has 0 aliphatic rings. The van der Waals surface area contributed by atoms with Crippen molar-refractivity contribution in [1.82, 2.24) is 14.6 Å². The quantitative estimate of drug-likeness (QED) is 0.754. The summed E-state index contributed by atoms with van der Waals surface area (Å²) in [5.41, 5.74) is 7.31. The Bertz CT molecular complexity index is 673. The van der Waals surface area contributed by atoms with Gasteiger partial charge in [-0.15, -0.1) is 10.2 Å². The van der Waals surface area contributed by atoms with Gasteiger partial charge >= 0.3 is 0 Å². The number of fused-ring (bicyclic) bond motifs is 1. The summed E-state index contributed by atoms with van der Waals surface area (Å²) in [6, 6.07) is 7.24. The SMILES string of the molecule is NCc1ccn2c(-c3ccc(Cl)o3)nnc2c1. The van der Waals surface area contributed by atoms with Crippen LogP contribution in [-0.4, -0.2) is 14.6 Å². The molecule has 17 heavy (non-hydrogen) atoms. The van der Waals surface area contributed by atoms with Gasteiger partial charge < -0.3 is 10.2 Å². The molecule has 0 fully saturated rings. The van der Waals surface area contributed by atoms with Gasteiger partial charge in [0.25, 0.3) is 0 Å². The normalized spacial score (nSPS) is 11.2. The summed E-state index contributed by atoms with van der Waals surface area (Å²) in [5, 5.41) is 8.47. The second-order valence-corrected chi connectivity index (χ2v) is 3.97. The van der Waals surface area contributed by atoms with Gasteiger partial charge in [-0.25, -0.2) is 0 Å². The van der Waals surface area contributed by atoms with Crippen LogP contribution in [0.4, 0.5) is 0 Å². The summed E-state index contributed by atoms with van der Waals surface area (Å²) >= 11 is 5.74. The van der Waals surface area contributed by atoms with Crippen LogP contribution in [-0.2, 0) is 6.54 Å². The van der Waals surface area contributed by atoms with Gasteiger partial charge in [0.15, 0.2) is 16.6 Å². The zero-order chi connectivity index (χ0) is 11.8. The van der Waals surface area contributed by atoms with E-state index in [1.165, 1.54) is 0 Å². The highest BCUT2D eigenvalue weighted by Gasteiger charge is 2.11. The van der Waals surface area contributed by atoms with Gasteiger partial charge in [0.1, 0.15) is 0 Å². The van der Waals surface area contributed by atoms with Crippen molar-refractivity contribution >= 4 is 17.2 Å². The van der Waals surface area contributed by atoms with Crippen LogP contribution in [0.25, 0.3) is 17.2 Å². The van der Waals surface area contributed by atoms with Gasteiger partial charge in [0, 0.05) is 12.7 Å². The predicted molar refractivity (Wildman–Crippen MR) is 63.6 cm³/mol. The van der Waals surface area contributed by atoms with Gasteiger partial charge in [-0.05, 0) is 41.4 Å². The van der Waals surface area contributed by atoms with Crippen LogP contribution in [0, 0.1) is 0 Å². The average Bonchev–Trinajstić information content (AvgIpc) is 2.93. The van der Waals surface area contributed by atoms with Gasteiger partial charge in [0.2, 0.25) is 5.82 Å². The molecular formula is C11H9ClN4O. The van der Waals surface area contributed by atoms with Crippen molar-refractivity contribution in [2.75, 3.05) is 0 Å². The van der Waals surface area contributed by atoms with Crippen molar-refractivity contribution in [2.24, 2.45) is 5.73 Å². The molecule has 3 rings (SSSR count). The molecule has 3 aromatic heterocycles. The number of rotatable bonds is 2. The molecule has 0 radical (unpaired) electrons. The van der Waals surface area contributed by atoms with Gasteiger partial charge in [-0.3, -0.25) is 4.40 Å². The van der Waals surface area contributed by atoms with Crippen LogP contribution in [0.2, 0.25) is 5.22 Å². The number of hydrogen-bond acceptors (Lipinski definition) is 4. The zero-order valence-corrected chi connectivity index (χ0v) is 9.55. The van der Waals surface area contributed by atoms with Crippen LogP contribution < -0.4 is 5.73 Å². The molecule has 0 aliphatic heterocycles. The van der Waals surface area contributed by atoms with E-state index in [0.29, 0.717) is 23.3 Å². The van der Waals surface area contributed by atoms with Crippen molar-refractivity contribution in [3.63, 3.8) is 0 Å². The first kappa shape index (κ1) is 10.3.